The molecule has 0 bridgehead atoms. The first kappa shape index (κ1) is 12.0. The van der Waals surface area contributed by atoms with Gasteiger partial charge in [0, 0.05) is 5.56 Å². The molecule has 0 unspecified atom stereocenters. The predicted octanol–water partition coefficient (Wildman–Crippen LogP) is 1.96. The lowest BCUT2D eigenvalue weighted by atomic mass is 10.2. The molecule has 1 aromatic carbocycles. The van der Waals surface area contributed by atoms with Gasteiger partial charge in [-0.25, -0.2) is 4.79 Å². The van der Waals surface area contributed by atoms with Crippen molar-refractivity contribution in [1.82, 2.24) is 5.43 Å². The molecule has 0 fully saturated rings. The Bertz CT molecular complexity index is 447. The number of carbonyl (C=O) groups excluding carboxylic acids is 1. The topological polar surface area (TPSA) is 50.7 Å². The van der Waals surface area contributed by atoms with Crippen LogP contribution in [0.25, 0.3) is 0 Å². The van der Waals surface area contributed by atoms with E-state index >= 15 is 0 Å². The fourth-order valence-corrected chi connectivity index (χ4v) is 2.42. The Hall–Kier alpha value is -1.49. The number of hydrazone groups is 1. The van der Waals surface area contributed by atoms with Crippen molar-refractivity contribution in [2.45, 2.75) is 18.7 Å². The van der Waals surface area contributed by atoms with Crippen molar-refractivity contribution in [2.24, 2.45) is 5.10 Å². The molecule has 0 aliphatic carbocycles. The van der Waals surface area contributed by atoms with Crippen molar-refractivity contribution in [1.29, 1.82) is 0 Å². The molecule has 0 spiro atoms. The summed E-state index contributed by atoms with van der Waals surface area (Å²) in [6.45, 7) is 3.94. The number of thioether (sulfide) groups is 1. The van der Waals surface area contributed by atoms with Gasteiger partial charge in [-0.2, -0.15) is 5.10 Å². The number of esters is 1. The number of hydrogen-bond acceptors (Lipinski definition) is 5. The quantitative estimate of drug-likeness (QED) is 0.833. The maximum absolute atomic E-state index is 11.8. The fourth-order valence-electron chi connectivity index (χ4n) is 1.46. The van der Waals surface area contributed by atoms with Gasteiger partial charge in [-0.05, 0) is 13.8 Å². The first-order valence-electron chi connectivity index (χ1n) is 5.42. The predicted molar refractivity (Wildman–Crippen MR) is 68.7 cm³/mol. The first-order chi connectivity index (χ1) is 8.15. The van der Waals surface area contributed by atoms with E-state index < -0.39 is 4.87 Å². The van der Waals surface area contributed by atoms with Crippen LogP contribution in [0.2, 0.25) is 0 Å². The van der Waals surface area contributed by atoms with E-state index in [1.807, 2.05) is 30.3 Å². The Morgan fingerprint density at radius 2 is 2.18 bits per heavy atom. The van der Waals surface area contributed by atoms with Gasteiger partial charge >= 0.3 is 5.97 Å². The molecule has 0 radical (unpaired) electrons. The average Bonchev–Trinajstić information content (AvgIpc) is 2.75. The van der Waals surface area contributed by atoms with Gasteiger partial charge in [0.1, 0.15) is 5.04 Å². The average molecular weight is 250 g/mol. The van der Waals surface area contributed by atoms with Gasteiger partial charge in [0.15, 0.2) is 4.87 Å². The Kier molecular flexibility index (Phi) is 3.38. The van der Waals surface area contributed by atoms with Crippen LogP contribution in [0.3, 0.4) is 0 Å². The van der Waals surface area contributed by atoms with Crippen LogP contribution in [0.5, 0.6) is 0 Å². The summed E-state index contributed by atoms with van der Waals surface area (Å²) in [6.07, 6.45) is 0. The maximum atomic E-state index is 11.8. The lowest BCUT2D eigenvalue weighted by molar-refractivity contribution is -0.146. The van der Waals surface area contributed by atoms with Gasteiger partial charge in [-0.1, -0.05) is 42.1 Å². The molecule has 1 aliphatic heterocycles. The molecule has 0 aromatic heterocycles. The van der Waals surface area contributed by atoms with Gasteiger partial charge in [-0.3, -0.25) is 5.43 Å². The fraction of sp³-hybridized carbons (Fsp3) is 0.333. The van der Waals surface area contributed by atoms with Crippen LogP contribution < -0.4 is 5.43 Å². The highest BCUT2D eigenvalue weighted by molar-refractivity contribution is 8.16. The number of hydrogen-bond donors (Lipinski definition) is 1. The standard InChI is InChI=1S/C12H14N2O2S/c1-3-16-11(15)12(2)14-13-10(17-12)9-7-5-4-6-8-9/h4-8,14H,3H2,1-2H3/t12-/m1/s1. The number of carbonyl (C=O) groups is 1. The molecule has 17 heavy (non-hydrogen) atoms. The number of rotatable bonds is 3. The van der Waals surface area contributed by atoms with Crippen molar-refractivity contribution in [3.05, 3.63) is 35.9 Å². The third-order valence-corrected chi connectivity index (χ3v) is 3.54. The van der Waals surface area contributed by atoms with E-state index in [1.165, 1.54) is 11.8 Å². The van der Waals surface area contributed by atoms with Crippen LogP contribution >= 0.6 is 11.8 Å². The molecular weight excluding hydrogens is 236 g/mol. The van der Waals surface area contributed by atoms with Gasteiger partial charge < -0.3 is 4.74 Å². The molecule has 1 heterocycles. The molecule has 1 atom stereocenters. The minimum Gasteiger partial charge on any atom is -0.464 e. The smallest absolute Gasteiger partial charge is 0.343 e. The van der Waals surface area contributed by atoms with E-state index in [0.717, 1.165) is 10.6 Å². The second kappa shape index (κ2) is 4.79. The van der Waals surface area contributed by atoms with E-state index in [1.54, 1.807) is 13.8 Å². The molecule has 1 N–H and O–H groups in total. The van der Waals surface area contributed by atoms with Crippen molar-refractivity contribution in [2.75, 3.05) is 6.61 Å². The van der Waals surface area contributed by atoms with Crippen molar-refractivity contribution in [3.8, 4) is 0 Å². The van der Waals surface area contributed by atoms with Crippen molar-refractivity contribution in [3.63, 3.8) is 0 Å². The Morgan fingerprint density at radius 3 is 2.82 bits per heavy atom. The monoisotopic (exact) mass is 250 g/mol. The highest BCUT2D eigenvalue weighted by atomic mass is 32.2. The molecule has 1 aromatic rings. The lowest BCUT2D eigenvalue weighted by Gasteiger charge is -2.19. The summed E-state index contributed by atoms with van der Waals surface area (Å²) in [5.41, 5.74) is 3.84. The molecule has 4 nitrogen and oxygen atoms in total. The summed E-state index contributed by atoms with van der Waals surface area (Å²) in [4.78, 5) is 10.9. The maximum Gasteiger partial charge on any atom is 0.343 e. The third kappa shape index (κ3) is 2.44. The Labute approximate surface area is 104 Å². The minimum absolute atomic E-state index is 0.292. The van der Waals surface area contributed by atoms with Crippen molar-refractivity contribution >= 4 is 22.8 Å². The number of nitrogens with one attached hydrogen (secondary N) is 1. The van der Waals surface area contributed by atoms with Crippen molar-refractivity contribution < 1.29 is 9.53 Å². The van der Waals surface area contributed by atoms with Crippen LogP contribution in [0.4, 0.5) is 0 Å². The van der Waals surface area contributed by atoms with Crippen LogP contribution in [0.15, 0.2) is 35.4 Å². The van der Waals surface area contributed by atoms with Crippen LogP contribution in [-0.2, 0) is 9.53 Å². The summed E-state index contributed by atoms with van der Waals surface area (Å²) >= 11 is 1.38. The Balaban J connectivity index is 2.11. The number of benzene rings is 1. The molecule has 2 rings (SSSR count). The zero-order valence-electron chi connectivity index (χ0n) is 9.77. The molecule has 0 amide bonds. The van der Waals surface area contributed by atoms with Gasteiger partial charge in [0.05, 0.1) is 6.61 Å². The van der Waals surface area contributed by atoms with Crippen LogP contribution in [0, 0.1) is 0 Å². The largest absolute Gasteiger partial charge is 0.464 e. The minimum atomic E-state index is -0.818. The summed E-state index contributed by atoms with van der Waals surface area (Å²) in [5.74, 6) is -0.292. The molecule has 0 saturated carbocycles. The van der Waals surface area contributed by atoms with Gasteiger partial charge in [-0.15, -0.1) is 0 Å². The zero-order chi connectivity index (χ0) is 12.3. The van der Waals surface area contributed by atoms with E-state index in [-0.39, 0.29) is 5.97 Å². The molecule has 0 saturated heterocycles. The normalized spacial score (nSPS) is 22.8. The number of nitrogens with zero attached hydrogens (tertiary/aromatic N) is 1. The van der Waals surface area contributed by atoms with E-state index in [0.29, 0.717) is 6.61 Å². The second-order valence-corrected chi connectivity index (χ2v) is 5.16. The number of ether oxygens (including phenoxy) is 1. The van der Waals surface area contributed by atoms with E-state index in [9.17, 15) is 4.79 Å². The van der Waals surface area contributed by atoms with Crippen LogP contribution in [0.1, 0.15) is 19.4 Å². The molecular formula is C12H14N2O2S. The van der Waals surface area contributed by atoms with Gasteiger partial charge in [0.25, 0.3) is 0 Å². The third-order valence-electron chi connectivity index (χ3n) is 2.36. The van der Waals surface area contributed by atoms with E-state index in [4.69, 9.17) is 4.74 Å². The molecule has 1 aliphatic rings. The highest BCUT2D eigenvalue weighted by Gasteiger charge is 2.41. The molecule has 5 heteroatoms. The summed E-state index contributed by atoms with van der Waals surface area (Å²) in [6, 6.07) is 9.76. The highest BCUT2D eigenvalue weighted by Crippen LogP contribution is 2.32. The SMILES string of the molecule is CCOC(=O)[C@]1(C)NN=C(c2ccccc2)S1. The summed E-state index contributed by atoms with van der Waals surface area (Å²) in [5, 5.41) is 5.00. The molecule has 90 valence electrons. The van der Waals surface area contributed by atoms with Gasteiger partial charge in [0.2, 0.25) is 0 Å². The lowest BCUT2D eigenvalue weighted by Crippen LogP contribution is -2.42. The second-order valence-electron chi connectivity index (χ2n) is 3.75. The van der Waals surface area contributed by atoms with E-state index in [2.05, 4.69) is 10.5 Å². The first-order valence-corrected chi connectivity index (χ1v) is 6.24. The zero-order valence-corrected chi connectivity index (χ0v) is 10.6. The Morgan fingerprint density at radius 1 is 1.47 bits per heavy atom. The van der Waals surface area contributed by atoms with Crippen LogP contribution in [-0.4, -0.2) is 22.5 Å². The summed E-state index contributed by atoms with van der Waals surface area (Å²) in [7, 11) is 0. The summed E-state index contributed by atoms with van der Waals surface area (Å²) < 4.78 is 5.02.